The first-order valence-electron chi connectivity index (χ1n) is 6.30. The van der Waals surface area contributed by atoms with E-state index in [1.807, 2.05) is 0 Å². The van der Waals surface area contributed by atoms with Crippen LogP contribution in [0.5, 0.6) is 0 Å². The van der Waals surface area contributed by atoms with Crippen LogP contribution in [0.15, 0.2) is 53.4 Å². The Morgan fingerprint density at radius 1 is 1.05 bits per heavy atom. The minimum absolute atomic E-state index is 0.216. The van der Waals surface area contributed by atoms with Crippen LogP contribution in [0.25, 0.3) is 0 Å². The summed E-state index contributed by atoms with van der Waals surface area (Å²) in [6.07, 6.45) is 1.14. The average molecular weight is 304 g/mol. The number of rotatable bonds is 4. The van der Waals surface area contributed by atoms with Crippen molar-refractivity contribution in [3.63, 3.8) is 0 Å². The molecule has 2 aromatic carbocycles. The molecule has 3 N–H and O–H groups in total. The molecule has 0 fully saturated rings. The van der Waals surface area contributed by atoms with E-state index in [9.17, 15) is 13.2 Å². The maximum absolute atomic E-state index is 12.0. The van der Waals surface area contributed by atoms with Gasteiger partial charge in [-0.3, -0.25) is 4.79 Å². The van der Waals surface area contributed by atoms with Crippen molar-refractivity contribution in [3.8, 4) is 0 Å². The number of nitrogens with two attached hydrogens (primary N) is 1. The quantitative estimate of drug-likeness (QED) is 0.901. The van der Waals surface area contributed by atoms with Crippen LogP contribution < -0.4 is 11.1 Å². The van der Waals surface area contributed by atoms with Gasteiger partial charge in [-0.15, -0.1) is 0 Å². The van der Waals surface area contributed by atoms with Crippen LogP contribution in [0.4, 0.5) is 5.69 Å². The predicted octanol–water partition coefficient (Wildman–Crippen LogP) is 1.80. The van der Waals surface area contributed by atoms with E-state index in [1.165, 1.54) is 12.1 Å². The van der Waals surface area contributed by atoms with Gasteiger partial charge in [0.1, 0.15) is 0 Å². The minimum Gasteiger partial charge on any atom is -0.326 e. The molecule has 5 nitrogen and oxygen atoms in total. The van der Waals surface area contributed by atoms with E-state index in [4.69, 9.17) is 5.73 Å². The monoisotopic (exact) mass is 304 g/mol. The van der Waals surface area contributed by atoms with Crippen LogP contribution in [0.3, 0.4) is 0 Å². The van der Waals surface area contributed by atoms with Crippen LogP contribution in [0.1, 0.15) is 15.9 Å². The number of hydrogen-bond acceptors (Lipinski definition) is 4. The molecule has 0 heterocycles. The number of anilines is 1. The molecule has 0 aliphatic rings. The summed E-state index contributed by atoms with van der Waals surface area (Å²) in [7, 11) is -3.23. The SMILES string of the molecule is CS(=O)(=O)c1ccc(NC(=O)c2ccc(CN)cc2)cc1. The summed E-state index contributed by atoms with van der Waals surface area (Å²) in [5.41, 5.74) is 7.50. The Bertz CT molecular complexity index is 735. The lowest BCUT2D eigenvalue weighted by atomic mass is 10.1. The van der Waals surface area contributed by atoms with Gasteiger partial charge in [0.15, 0.2) is 9.84 Å². The molecule has 1 amide bonds. The van der Waals surface area contributed by atoms with Crippen LogP contribution in [-0.4, -0.2) is 20.6 Å². The highest BCUT2D eigenvalue weighted by Crippen LogP contribution is 2.15. The van der Waals surface area contributed by atoms with Gasteiger partial charge in [-0.05, 0) is 42.0 Å². The first-order valence-corrected chi connectivity index (χ1v) is 8.20. The number of nitrogens with one attached hydrogen (secondary N) is 1. The Kier molecular flexibility index (Phi) is 4.40. The molecule has 110 valence electrons. The van der Waals surface area contributed by atoms with E-state index < -0.39 is 9.84 Å². The molecule has 0 radical (unpaired) electrons. The standard InChI is InChI=1S/C15H16N2O3S/c1-21(19,20)14-8-6-13(7-9-14)17-15(18)12-4-2-11(10-16)3-5-12/h2-9H,10,16H2,1H3,(H,17,18). The highest BCUT2D eigenvalue weighted by molar-refractivity contribution is 7.90. The largest absolute Gasteiger partial charge is 0.326 e. The molecule has 0 saturated heterocycles. The van der Waals surface area contributed by atoms with Gasteiger partial charge in [0.2, 0.25) is 0 Å². The van der Waals surface area contributed by atoms with Crippen LogP contribution >= 0.6 is 0 Å². The molecule has 0 saturated carbocycles. The third kappa shape index (κ3) is 3.90. The van der Waals surface area contributed by atoms with Gasteiger partial charge >= 0.3 is 0 Å². The number of benzene rings is 2. The van der Waals surface area contributed by atoms with Gasteiger partial charge in [-0.25, -0.2) is 8.42 Å². The fourth-order valence-corrected chi connectivity index (χ4v) is 2.41. The zero-order chi connectivity index (χ0) is 15.5. The van der Waals surface area contributed by atoms with Crippen molar-refractivity contribution in [3.05, 3.63) is 59.7 Å². The summed E-state index contributed by atoms with van der Waals surface area (Å²) in [5, 5.41) is 2.71. The van der Waals surface area contributed by atoms with Crippen LogP contribution in [0.2, 0.25) is 0 Å². The fraction of sp³-hybridized carbons (Fsp3) is 0.133. The molecule has 0 spiro atoms. The molecule has 2 rings (SSSR count). The summed E-state index contributed by atoms with van der Waals surface area (Å²) in [6, 6.07) is 13.0. The molecule has 0 aliphatic heterocycles. The molecule has 0 aromatic heterocycles. The summed E-state index contributed by atoms with van der Waals surface area (Å²) >= 11 is 0. The number of amides is 1. The fourth-order valence-electron chi connectivity index (χ4n) is 1.78. The topological polar surface area (TPSA) is 89.3 Å². The molecule has 21 heavy (non-hydrogen) atoms. The Morgan fingerprint density at radius 2 is 1.62 bits per heavy atom. The van der Waals surface area contributed by atoms with Gasteiger partial charge in [0.05, 0.1) is 4.90 Å². The molecule has 0 bridgehead atoms. The lowest BCUT2D eigenvalue weighted by Gasteiger charge is -2.06. The van der Waals surface area contributed by atoms with Crippen molar-refractivity contribution in [1.82, 2.24) is 0 Å². The van der Waals surface area contributed by atoms with Gasteiger partial charge < -0.3 is 11.1 Å². The molecular weight excluding hydrogens is 288 g/mol. The smallest absolute Gasteiger partial charge is 0.255 e. The number of hydrogen-bond donors (Lipinski definition) is 2. The second-order valence-corrected chi connectivity index (χ2v) is 6.67. The van der Waals surface area contributed by atoms with E-state index >= 15 is 0 Å². The lowest BCUT2D eigenvalue weighted by Crippen LogP contribution is -2.12. The van der Waals surface area contributed by atoms with Gasteiger partial charge in [-0.1, -0.05) is 12.1 Å². The third-order valence-electron chi connectivity index (χ3n) is 2.99. The number of carbonyl (C=O) groups excluding carboxylic acids is 1. The second kappa shape index (κ2) is 6.07. The van der Waals surface area contributed by atoms with Crippen molar-refractivity contribution in [2.75, 3.05) is 11.6 Å². The Hall–Kier alpha value is -2.18. The van der Waals surface area contributed by atoms with Crippen molar-refractivity contribution in [2.45, 2.75) is 11.4 Å². The zero-order valence-electron chi connectivity index (χ0n) is 11.5. The molecular formula is C15H16N2O3S. The predicted molar refractivity (Wildman–Crippen MR) is 81.8 cm³/mol. The minimum atomic E-state index is -3.23. The summed E-state index contributed by atoms with van der Waals surface area (Å²) in [5.74, 6) is -0.259. The maximum atomic E-state index is 12.0. The first-order chi connectivity index (χ1) is 9.90. The highest BCUT2D eigenvalue weighted by atomic mass is 32.2. The Balaban J connectivity index is 2.12. The van der Waals surface area contributed by atoms with Gasteiger partial charge in [0.25, 0.3) is 5.91 Å². The first kappa shape index (κ1) is 15.2. The summed E-state index contributed by atoms with van der Waals surface area (Å²) < 4.78 is 22.7. The lowest BCUT2D eigenvalue weighted by molar-refractivity contribution is 0.102. The van der Waals surface area contributed by atoms with Gasteiger partial charge in [0, 0.05) is 24.1 Å². The molecule has 0 unspecified atom stereocenters. The van der Waals surface area contributed by atoms with E-state index in [0.717, 1.165) is 11.8 Å². The van der Waals surface area contributed by atoms with E-state index in [-0.39, 0.29) is 10.8 Å². The maximum Gasteiger partial charge on any atom is 0.255 e. The Morgan fingerprint density at radius 3 is 2.10 bits per heavy atom. The van der Waals surface area contributed by atoms with Crippen LogP contribution in [-0.2, 0) is 16.4 Å². The number of carbonyl (C=O) groups is 1. The van der Waals surface area contributed by atoms with Crippen molar-refractivity contribution in [2.24, 2.45) is 5.73 Å². The van der Waals surface area contributed by atoms with Gasteiger partial charge in [-0.2, -0.15) is 0 Å². The van der Waals surface area contributed by atoms with Crippen LogP contribution in [0, 0.1) is 0 Å². The van der Waals surface area contributed by atoms with Crippen molar-refractivity contribution < 1.29 is 13.2 Å². The Labute approximate surface area is 123 Å². The number of sulfone groups is 1. The van der Waals surface area contributed by atoms with E-state index in [1.54, 1.807) is 36.4 Å². The van der Waals surface area contributed by atoms with Crippen molar-refractivity contribution >= 4 is 21.4 Å². The second-order valence-electron chi connectivity index (χ2n) is 4.65. The van der Waals surface area contributed by atoms with E-state index in [2.05, 4.69) is 5.32 Å². The molecule has 0 atom stereocenters. The molecule has 6 heteroatoms. The van der Waals surface area contributed by atoms with E-state index in [0.29, 0.717) is 17.8 Å². The molecule has 0 aliphatic carbocycles. The summed E-state index contributed by atoms with van der Waals surface area (Å²) in [4.78, 5) is 12.3. The third-order valence-corrected chi connectivity index (χ3v) is 4.12. The highest BCUT2D eigenvalue weighted by Gasteiger charge is 2.08. The van der Waals surface area contributed by atoms with Crippen molar-refractivity contribution in [1.29, 1.82) is 0 Å². The normalized spacial score (nSPS) is 11.1. The average Bonchev–Trinajstić information content (AvgIpc) is 2.47. The summed E-state index contributed by atoms with van der Waals surface area (Å²) in [6.45, 7) is 0.425. The zero-order valence-corrected chi connectivity index (χ0v) is 12.4. The molecule has 2 aromatic rings.